The van der Waals surface area contributed by atoms with Gasteiger partial charge in [0.25, 0.3) is 0 Å². The van der Waals surface area contributed by atoms with E-state index in [4.69, 9.17) is 14.2 Å². The summed E-state index contributed by atoms with van der Waals surface area (Å²) in [5.41, 5.74) is 0. The highest BCUT2D eigenvalue weighted by Crippen LogP contribution is 2.11. The van der Waals surface area contributed by atoms with Gasteiger partial charge in [-0.1, -0.05) is 182 Å². The fourth-order valence-corrected chi connectivity index (χ4v) is 5.48. The summed E-state index contributed by atoms with van der Waals surface area (Å²) >= 11 is 0. The van der Waals surface area contributed by atoms with Crippen molar-refractivity contribution < 1.29 is 23.8 Å². The van der Waals surface area contributed by atoms with E-state index in [1.165, 1.54) is 57.8 Å². The van der Waals surface area contributed by atoms with Crippen molar-refractivity contribution in [1.29, 1.82) is 0 Å². The van der Waals surface area contributed by atoms with Crippen LogP contribution in [-0.4, -0.2) is 37.9 Å². The Labute approximate surface area is 332 Å². The predicted molar refractivity (Wildman–Crippen MR) is 233 cm³/mol. The zero-order chi connectivity index (χ0) is 39.3. The number of unbranched alkanes of at least 4 members (excludes halogenated alkanes) is 12. The van der Waals surface area contributed by atoms with Gasteiger partial charge in [0.1, 0.15) is 6.61 Å². The lowest BCUT2D eigenvalue weighted by atomic mass is 10.1. The van der Waals surface area contributed by atoms with Crippen LogP contribution in [0.15, 0.2) is 97.2 Å². The monoisotopic (exact) mass is 749 g/mol. The van der Waals surface area contributed by atoms with Crippen LogP contribution in [0.3, 0.4) is 0 Å². The van der Waals surface area contributed by atoms with Crippen LogP contribution in [0, 0.1) is 0 Å². The molecule has 306 valence electrons. The molecule has 0 amide bonds. The second kappa shape index (κ2) is 44.2. The molecule has 0 rings (SSSR count). The second-order valence-electron chi connectivity index (χ2n) is 13.9. The molecule has 0 bridgehead atoms. The van der Waals surface area contributed by atoms with Gasteiger partial charge in [0, 0.05) is 13.0 Å². The van der Waals surface area contributed by atoms with Crippen molar-refractivity contribution >= 4 is 11.9 Å². The molecule has 0 aromatic carbocycles. The molecule has 0 aromatic rings. The number of rotatable bonds is 38. The van der Waals surface area contributed by atoms with Crippen molar-refractivity contribution in [2.45, 2.75) is 181 Å². The summed E-state index contributed by atoms with van der Waals surface area (Å²) in [5.74, 6) is -0.569. The third-order valence-electron chi connectivity index (χ3n) is 8.65. The quantitative estimate of drug-likeness (QED) is 0.0357. The minimum Gasteiger partial charge on any atom is -0.461 e. The first-order valence-electron chi connectivity index (χ1n) is 21.8. The Bertz CT molecular complexity index is 1070. The van der Waals surface area contributed by atoms with Gasteiger partial charge in [-0.25, -0.2) is 0 Å². The van der Waals surface area contributed by atoms with Crippen molar-refractivity contribution in [2.75, 3.05) is 19.8 Å². The SMILES string of the molecule is CC/C=C\C/C=C\C/C=C\C/C=C\C/C=C\CC(=O)OCC(COCCCCCCCCCC/C=C\C/C=C\C/C=C\CC)OC(=O)CCCCCCC. The van der Waals surface area contributed by atoms with Gasteiger partial charge in [0.2, 0.25) is 0 Å². The standard InChI is InChI=1S/C49H80O5/c1-4-7-10-13-15-17-19-21-23-24-25-27-29-31-33-35-38-41-44-52-45-47(54-49(51)43-40-36-12-9-6-3)46-53-48(50)42-39-37-34-32-30-28-26-22-20-18-16-14-11-8-5-2/h7-8,10-11,15-18,21-23,26,30,32,37,39,47H,4-6,9,12-14,19-20,24-25,27-29,31,33-36,38,40-46H2,1-3H3/b10-7-,11-8-,17-15-,18-16-,23-21-,26-22-,32-30-,39-37-. The zero-order valence-electron chi connectivity index (χ0n) is 34.9. The fraction of sp³-hybridized carbons (Fsp3) is 0.633. The van der Waals surface area contributed by atoms with Crippen LogP contribution >= 0.6 is 0 Å². The molecule has 0 spiro atoms. The van der Waals surface area contributed by atoms with Gasteiger partial charge in [-0.15, -0.1) is 0 Å². The van der Waals surface area contributed by atoms with Gasteiger partial charge in [-0.05, 0) is 77.0 Å². The first kappa shape index (κ1) is 50.8. The Morgan fingerprint density at radius 2 is 0.889 bits per heavy atom. The van der Waals surface area contributed by atoms with E-state index in [0.717, 1.165) is 83.5 Å². The zero-order valence-corrected chi connectivity index (χ0v) is 34.9. The molecule has 5 nitrogen and oxygen atoms in total. The smallest absolute Gasteiger partial charge is 0.309 e. The average molecular weight is 749 g/mol. The molecule has 0 aliphatic rings. The van der Waals surface area contributed by atoms with E-state index in [2.05, 4.69) is 106 Å². The molecule has 0 N–H and O–H groups in total. The first-order valence-corrected chi connectivity index (χ1v) is 21.8. The Kier molecular flexibility index (Phi) is 41.6. The second-order valence-corrected chi connectivity index (χ2v) is 13.9. The van der Waals surface area contributed by atoms with Crippen molar-refractivity contribution in [3.8, 4) is 0 Å². The molecule has 0 fully saturated rings. The van der Waals surface area contributed by atoms with Gasteiger partial charge in [0.15, 0.2) is 6.10 Å². The van der Waals surface area contributed by atoms with Crippen LogP contribution < -0.4 is 0 Å². The number of carbonyl (C=O) groups excluding carboxylic acids is 2. The number of allylic oxidation sites excluding steroid dienone is 15. The van der Waals surface area contributed by atoms with Crippen LogP contribution in [0.4, 0.5) is 0 Å². The number of esters is 2. The van der Waals surface area contributed by atoms with Gasteiger partial charge >= 0.3 is 11.9 Å². The summed E-state index contributed by atoms with van der Waals surface area (Å²) in [5, 5.41) is 0. The Hall–Kier alpha value is -3.18. The highest BCUT2D eigenvalue weighted by atomic mass is 16.6. The Morgan fingerprint density at radius 1 is 0.444 bits per heavy atom. The summed E-state index contributed by atoms with van der Waals surface area (Å²) in [6, 6.07) is 0. The molecule has 1 atom stereocenters. The molecule has 0 aromatic heterocycles. The molecular formula is C49H80O5. The van der Waals surface area contributed by atoms with Crippen LogP contribution in [0.2, 0.25) is 0 Å². The third-order valence-corrected chi connectivity index (χ3v) is 8.65. The molecule has 0 saturated carbocycles. The third kappa shape index (κ3) is 41.6. The summed E-state index contributed by atoms with van der Waals surface area (Å²) in [4.78, 5) is 24.9. The fourth-order valence-electron chi connectivity index (χ4n) is 5.48. The molecular weight excluding hydrogens is 669 g/mol. The van der Waals surface area contributed by atoms with E-state index in [1.54, 1.807) is 0 Å². The highest BCUT2D eigenvalue weighted by Gasteiger charge is 2.17. The largest absolute Gasteiger partial charge is 0.461 e. The van der Waals surface area contributed by atoms with Crippen molar-refractivity contribution in [3.05, 3.63) is 97.2 Å². The summed E-state index contributed by atoms with van der Waals surface area (Å²) < 4.78 is 17.1. The maximum atomic E-state index is 12.5. The van der Waals surface area contributed by atoms with E-state index >= 15 is 0 Å². The molecule has 0 aliphatic carbocycles. The number of ether oxygens (including phenoxy) is 3. The van der Waals surface area contributed by atoms with E-state index in [9.17, 15) is 9.59 Å². The summed E-state index contributed by atoms with van der Waals surface area (Å²) in [7, 11) is 0. The molecule has 1 unspecified atom stereocenters. The van der Waals surface area contributed by atoms with Crippen molar-refractivity contribution in [1.82, 2.24) is 0 Å². The predicted octanol–water partition coefficient (Wildman–Crippen LogP) is 14.3. The van der Waals surface area contributed by atoms with Gasteiger partial charge in [-0.2, -0.15) is 0 Å². The van der Waals surface area contributed by atoms with Crippen LogP contribution in [0.25, 0.3) is 0 Å². The average Bonchev–Trinajstić information content (AvgIpc) is 3.17. The molecule has 0 aliphatic heterocycles. The lowest BCUT2D eigenvalue weighted by Gasteiger charge is -2.18. The lowest BCUT2D eigenvalue weighted by Crippen LogP contribution is -2.30. The van der Waals surface area contributed by atoms with Gasteiger partial charge in [0.05, 0.1) is 13.0 Å². The Morgan fingerprint density at radius 3 is 1.43 bits per heavy atom. The van der Waals surface area contributed by atoms with Crippen molar-refractivity contribution in [3.63, 3.8) is 0 Å². The highest BCUT2D eigenvalue weighted by molar-refractivity contribution is 5.71. The summed E-state index contributed by atoms with van der Waals surface area (Å²) in [6.45, 7) is 7.38. The van der Waals surface area contributed by atoms with E-state index in [1.807, 2.05) is 12.2 Å². The van der Waals surface area contributed by atoms with Gasteiger partial charge < -0.3 is 14.2 Å². The lowest BCUT2D eigenvalue weighted by molar-refractivity contribution is -0.162. The topological polar surface area (TPSA) is 61.8 Å². The maximum Gasteiger partial charge on any atom is 0.309 e. The molecule has 0 radical (unpaired) electrons. The number of carbonyl (C=O) groups is 2. The normalized spacial score (nSPS) is 13.2. The minimum atomic E-state index is -0.579. The molecule has 0 heterocycles. The van der Waals surface area contributed by atoms with E-state index < -0.39 is 6.10 Å². The van der Waals surface area contributed by atoms with E-state index in [-0.39, 0.29) is 31.6 Å². The minimum absolute atomic E-state index is 0.0227. The molecule has 0 saturated heterocycles. The van der Waals surface area contributed by atoms with Gasteiger partial charge in [-0.3, -0.25) is 9.59 Å². The molecule has 5 heteroatoms. The molecule has 54 heavy (non-hydrogen) atoms. The van der Waals surface area contributed by atoms with Crippen LogP contribution in [0.5, 0.6) is 0 Å². The first-order chi connectivity index (χ1) is 26.6. The van der Waals surface area contributed by atoms with E-state index in [0.29, 0.717) is 13.0 Å². The van der Waals surface area contributed by atoms with Crippen molar-refractivity contribution in [2.24, 2.45) is 0 Å². The van der Waals surface area contributed by atoms with Crippen LogP contribution in [0.1, 0.15) is 175 Å². The summed E-state index contributed by atoms with van der Waals surface area (Å²) in [6.07, 6.45) is 58.9. The Balaban J connectivity index is 4.21. The maximum absolute atomic E-state index is 12.5. The number of hydrogen-bond acceptors (Lipinski definition) is 5. The number of hydrogen-bond donors (Lipinski definition) is 0. The van der Waals surface area contributed by atoms with Crippen LogP contribution in [-0.2, 0) is 23.8 Å².